The number of anilines is 1. The summed E-state index contributed by atoms with van der Waals surface area (Å²) in [6.07, 6.45) is 2.46. The molecule has 0 amide bonds. The Kier molecular flexibility index (Phi) is 6.72. The lowest BCUT2D eigenvalue weighted by atomic mass is 10.1. The largest absolute Gasteiger partial charge is 0.371 e. The smallest absolute Gasteiger partial charge is 0.0378 e. The van der Waals surface area contributed by atoms with Crippen LogP contribution in [-0.4, -0.2) is 31.1 Å². The molecule has 0 aromatic heterocycles. The second kappa shape index (κ2) is 8.30. The first-order chi connectivity index (χ1) is 9.72. The molecular formula is C16H25BrN2S. The lowest BCUT2D eigenvalue weighted by Gasteiger charge is -2.24. The number of thioether (sulfide) groups is 1. The number of hydrogen-bond donors (Lipinski definition) is 1. The predicted molar refractivity (Wildman–Crippen MR) is 95.0 cm³/mol. The lowest BCUT2D eigenvalue weighted by Crippen LogP contribution is -2.25. The second-order valence-electron chi connectivity index (χ2n) is 5.33. The van der Waals surface area contributed by atoms with E-state index in [1.165, 1.54) is 53.2 Å². The van der Waals surface area contributed by atoms with Crippen molar-refractivity contribution >= 4 is 33.4 Å². The van der Waals surface area contributed by atoms with Crippen molar-refractivity contribution in [3.63, 3.8) is 0 Å². The van der Waals surface area contributed by atoms with Gasteiger partial charge in [0.1, 0.15) is 0 Å². The van der Waals surface area contributed by atoms with E-state index < -0.39 is 0 Å². The van der Waals surface area contributed by atoms with Crippen LogP contribution in [0.4, 0.5) is 5.69 Å². The van der Waals surface area contributed by atoms with Gasteiger partial charge in [0.25, 0.3) is 0 Å². The van der Waals surface area contributed by atoms with E-state index in [0.717, 1.165) is 6.54 Å². The third-order valence-corrected chi connectivity index (χ3v) is 5.47. The summed E-state index contributed by atoms with van der Waals surface area (Å²) in [6.45, 7) is 7.86. The van der Waals surface area contributed by atoms with Gasteiger partial charge in [0, 0.05) is 35.0 Å². The summed E-state index contributed by atoms with van der Waals surface area (Å²) in [5, 5.41) is 3.55. The lowest BCUT2D eigenvalue weighted by molar-refractivity contribution is 0.569. The van der Waals surface area contributed by atoms with E-state index in [9.17, 15) is 0 Å². The first-order valence-corrected chi connectivity index (χ1v) is 9.52. The highest BCUT2D eigenvalue weighted by Gasteiger charge is 2.13. The maximum absolute atomic E-state index is 3.75. The summed E-state index contributed by atoms with van der Waals surface area (Å²) < 4.78 is 1.23. The fourth-order valence-corrected chi connectivity index (χ4v) is 4.14. The SMILES string of the molecule is CCCNC(C)c1ccc(N2CCCSCC2)cc1Br. The Hall–Kier alpha value is -0.190. The number of nitrogens with one attached hydrogen (secondary N) is 1. The van der Waals surface area contributed by atoms with Crippen molar-refractivity contribution < 1.29 is 0 Å². The first kappa shape index (κ1) is 16.2. The van der Waals surface area contributed by atoms with Crippen molar-refractivity contribution in [2.45, 2.75) is 32.7 Å². The van der Waals surface area contributed by atoms with Crippen LogP contribution in [-0.2, 0) is 0 Å². The molecule has 4 heteroatoms. The highest BCUT2D eigenvalue weighted by atomic mass is 79.9. The summed E-state index contributed by atoms with van der Waals surface area (Å²) in [5.74, 6) is 2.54. The van der Waals surface area contributed by atoms with Crippen LogP contribution in [0, 0.1) is 0 Å². The standard InChI is InChI=1S/C16H25BrN2S/c1-3-7-18-13(2)15-6-5-14(12-16(15)17)19-8-4-10-20-11-9-19/h5-6,12-13,18H,3-4,7-11H2,1-2H3. The van der Waals surface area contributed by atoms with E-state index in [2.05, 4.69) is 70.0 Å². The molecule has 20 heavy (non-hydrogen) atoms. The highest BCUT2D eigenvalue weighted by molar-refractivity contribution is 9.10. The van der Waals surface area contributed by atoms with Gasteiger partial charge >= 0.3 is 0 Å². The van der Waals surface area contributed by atoms with Gasteiger partial charge in [0.2, 0.25) is 0 Å². The summed E-state index contributed by atoms with van der Waals surface area (Å²) >= 11 is 5.83. The van der Waals surface area contributed by atoms with Gasteiger partial charge in [0.05, 0.1) is 0 Å². The molecule has 0 aliphatic carbocycles. The molecule has 2 rings (SSSR count). The van der Waals surface area contributed by atoms with Crippen molar-refractivity contribution in [3.8, 4) is 0 Å². The average molecular weight is 357 g/mol. The molecule has 1 aromatic carbocycles. The predicted octanol–water partition coefficient (Wildman–Crippen LogP) is 4.45. The molecule has 1 aliphatic heterocycles. The Balaban J connectivity index is 2.08. The van der Waals surface area contributed by atoms with Gasteiger partial charge in [-0.05, 0) is 49.8 Å². The van der Waals surface area contributed by atoms with E-state index in [4.69, 9.17) is 0 Å². The monoisotopic (exact) mass is 356 g/mol. The minimum atomic E-state index is 0.401. The number of halogens is 1. The van der Waals surface area contributed by atoms with Gasteiger partial charge in [0.15, 0.2) is 0 Å². The fraction of sp³-hybridized carbons (Fsp3) is 0.625. The van der Waals surface area contributed by atoms with Crippen LogP contribution in [0.5, 0.6) is 0 Å². The topological polar surface area (TPSA) is 15.3 Å². The Morgan fingerprint density at radius 1 is 1.35 bits per heavy atom. The summed E-state index contributed by atoms with van der Waals surface area (Å²) in [4.78, 5) is 2.51. The molecule has 0 spiro atoms. The molecule has 1 aliphatic rings. The molecule has 1 atom stereocenters. The minimum absolute atomic E-state index is 0.401. The van der Waals surface area contributed by atoms with Crippen LogP contribution < -0.4 is 10.2 Å². The highest BCUT2D eigenvalue weighted by Crippen LogP contribution is 2.29. The van der Waals surface area contributed by atoms with Crippen LogP contribution in [0.1, 0.15) is 38.3 Å². The Bertz CT molecular complexity index is 417. The first-order valence-electron chi connectivity index (χ1n) is 7.58. The van der Waals surface area contributed by atoms with Crippen LogP contribution in [0.3, 0.4) is 0 Å². The maximum atomic E-state index is 3.75. The molecule has 1 aromatic rings. The molecule has 1 heterocycles. The molecule has 112 valence electrons. The molecule has 2 nitrogen and oxygen atoms in total. The molecule has 1 fully saturated rings. The van der Waals surface area contributed by atoms with Gasteiger partial charge in [-0.2, -0.15) is 11.8 Å². The minimum Gasteiger partial charge on any atom is -0.371 e. The number of hydrogen-bond acceptors (Lipinski definition) is 3. The zero-order valence-corrected chi connectivity index (χ0v) is 14.9. The number of nitrogens with zero attached hydrogens (tertiary/aromatic N) is 1. The fourth-order valence-electron chi connectivity index (χ4n) is 2.54. The molecule has 0 bridgehead atoms. The second-order valence-corrected chi connectivity index (χ2v) is 7.41. The normalized spacial score (nSPS) is 17.9. The molecule has 1 unspecified atom stereocenters. The zero-order chi connectivity index (χ0) is 14.4. The Morgan fingerprint density at radius 2 is 2.20 bits per heavy atom. The number of benzene rings is 1. The quantitative estimate of drug-likeness (QED) is 0.838. The van der Waals surface area contributed by atoms with Gasteiger partial charge in [-0.3, -0.25) is 0 Å². The Morgan fingerprint density at radius 3 is 2.95 bits per heavy atom. The van der Waals surface area contributed by atoms with Crippen molar-refractivity contribution in [1.29, 1.82) is 0 Å². The van der Waals surface area contributed by atoms with Crippen molar-refractivity contribution in [1.82, 2.24) is 5.32 Å². The van der Waals surface area contributed by atoms with Crippen LogP contribution in [0.15, 0.2) is 22.7 Å². The molecule has 1 saturated heterocycles. The number of rotatable bonds is 5. The van der Waals surface area contributed by atoms with E-state index in [1.807, 2.05) is 0 Å². The molecular weight excluding hydrogens is 332 g/mol. The van der Waals surface area contributed by atoms with E-state index in [1.54, 1.807) is 0 Å². The van der Waals surface area contributed by atoms with Crippen molar-refractivity contribution in [2.24, 2.45) is 0 Å². The van der Waals surface area contributed by atoms with Gasteiger partial charge in [-0.15, -0.1) is 0 Å². The summed E-state index contributed by atoms with van der Waals surface area (Å²) in [7, 11) is 0. The van der Waals surface area contributed by atoms with Crippen LogP contribution >= 0.6 is 27.7 Å². The average Bonchev–Trinajstić information content (AvgIpc) is 2.73. The van der Waals surface area contributed by atoms with Crippen LogP contribution in [0.25, 0.3) is 0 Å². The van der Waals surface area contributed by atoms with Gasteiger partial charge < -0.3 is 10.2 Å². The van der Waals surface area contributed by atoms with Crippen molar-refractivity contribution in [3.05, 3.63) is 28.2 Å². The van der Waals surface area contributed by atoms with E-state index in [0.29, 0.717) is 6.04 Å². The summed E-state index contributed by atoms with van der Waals surface area (Å²) in [5.41, 5.74) is 2.71. The zero-order valence-electron chi connectivity index (χ0n) is 12.5. The Labute approximate surface area is 135 Å². The van der Waals surface area contributed by atoms with Crippen LogP contribution in [0.2, 0.25) is 0 Å². The van der Waals surface area contributed by atoms with Crippen molar-refractivity contribution in [2.75, 3.05) is 36.0 Å². The van der Waals surface area contributed by atoms with E-state index >= 15 is 0 Å². The van der Waals surface area contributed by atoms with E-state index in [-0.39, 0.29) is 0 Å². The molecule has 0 saturated carbocycles. The third kappa shape index (κ3) is 4.40. The molecule has 0 radical (unpaired) electrons. The van der Waals surface area contributed by atoms with Gasteiger partial charge in [-0.25, -0.2) is 0 Å². The molecule has 1 N–H and O–H groups in total. The maximum Gasteiger partial charge on any atom is 0.0378 e. The van der Waals surface area contributed by atoms with Gasteiger partial charge in [-0.1, -0.05) is 28.9 Å². The third-order valence-electron chi connectivity index (χ3n) is 3.74. The summed E-state index contributed by atoms with van der Waals surface area (Å²) in [6, 6.07) is 7.23.